The van der Waals surface area contributed by atoms with E-state index in [1.165, 1.54) is 29.5 Å². The second-order valence-corrected chi connectivity index (χ2v) is 14.5. The molecule has 0 N–H and O–H groups in total. The lowest BCUT2D eigenvalue weighted by atomic mass is 9.62. The van der Waals surface area contributed by atoms with Crippen molar-refractivity contribution in [3.8, 4) is 0 Å². The second-order valence-electron chi connectivity index (χ2n) is 14.5. The normalized spacial score (nSPS) is 38.1. The Kier molecular flexibility index (Phi) is 5.82. The van der Waals surface area contributed by atoms with Crippen molar-refractivity contribution in [2.75, 3.05) is 19.8 Å². The zero-order valence-electron chi connectivity index (χ0n) is 24.4. The number of ether oxygens (including phenoxy) is 3. The van der Waals surface area contributed by atoms with Crippen molar-refractivity contribution < 1.29 is 23.8 Å². The van der Waals surface area contributed by atoms with Crippen LogP contribution in [0.3, 0.4) is 0 Å². The largest absolute Gasteiger partial charge is 0.462 e. The first-order valence-electron chi connectivity index (χ1n) is 14.2. The molecule has 3 fully saturated rings. The van der Waals surface area contributed by atoms with Crippen molar-refractivity contribution in [1.29, 1.82) is 0 Å². The lowest BCUT2D eigenvalue weighted by Crippen LogP contribution is -2.49. The van der Waals surface area contributed by atoms with Gasteiger partial charge in [0.05, 0.1) is 18.6 Å². The van der Waals surface area contributed by atoms with Crippen molar-refractivity contribution in [2.24, 2.45) is 22.7 Å². The smallest absolute Gasteiger partial charge is 0.351 e. The van der Waals surface area contributed by atoms with Crippen LogP contribution < -0.4 is 0 Å². The topological polar surface area (TPSA) is 61.8 Å². The lowest BCUT2D eigenvalue weighted by Gasteiger charge is -2.42. The van der Waals surface area contributed by atoms with Crippen LogP contribution in [0.25, 0.3) is 0 Å². The molecule has 4 aliphatic rings. The highest BCUT2D eigenvalue weighted by atomic mass is 16.6. The molecule has 5 heteroatoms. The fourth-order valence-electron chi connectivity index (χ4n) is 7.86. The van der Waals surface area contributed by atoms with Crippen molar-refractivity contribution in [1.82, 2.24) is 0 Å². The molecule has 1 aliphatic heterocycles. The molecule has 0 aromatic heterocycles. The molecule has 0 amide bonds. The molecule has 3 aliphatic carbocycles. The highest BCUT2D eigenvalue weighted by Crippen LogP contribution is 2.66. The molecule has 1 aromatic carbocycles. The van der Waals surface area contributed by atoms with E-state index in [-0.39, 0.29) is 40.0 Å². The highest BCUT2D eigenvalue weighted by Gasteiger charge is 2.76. The average molecular weight is 511 g/mol. The molecular formula is C32H46O5. The van der Waals surface area contributed by atoms with Crippen LogP contribution in [-0.2, 0) is 40.0 Å². The summed E-state index contributed by atoms with van der Waals surface area (Å²) in [4.78, 5) is 26.2. The van der Waals surface area contributed by atoms with Crippen LogP contribution in [0.15, 0.2) is 18.2 Å². The van der Waals surface area contributed by atoms with Crippen molar-refractivity contribution in [3.05, 3.63) is 34.9 Å². The maximum absolute atomic E-state index is 13.5. The summed E-state index contributed by atoms with van der Waals surface area (Å²) >= 11 is 0. The van der Waals surface area contributed by atoms with Crippen LogP contribution in [0.5, 0.6) is 0 Å². The van der Waals surface area contributed by atoms with Crippen LogP contribution in [0.2, 0.25) is 0 Å². The number of esters is 2. The van der Waals surface area contributed by atoms with Crippen LogP contribution in [0.4, 0.5) is 0 Å². The van der Waals surface area contributed by atoms with E-state index in [9.17, 15) is 9.59 Å². The van der Waals surface area contributed by atoms with Crippen LogP contribution in [0.1, 0.15) is 105 Å². The Morgan fingerprint density at radius 1 is 0.892 bits per heavy atom. The van der Waals surface area contributed by atoms with Gasteiger partial charge in [0.25, 0.3) is 0 Å². The molecule has 5 nitrogen and oxygen atoms in total. The Morgan fingerprint density at radius 3 is 2.08 bits per heavy atom. The zero-order chi connectivity index (χ0) is 27.2. The molecule has 2 saturated carbocycles. The summed E-state index contributed by atoms with van der Waals surface area (Å²) in [5.41, 5.74) is 1.97. The summed E-state index contributed by atoms with van der Waals surface area (Å²) < 4.78 is 17.7. The third-order valence-electron chi connectivity index (χ3n) is 11.7. The first kappa shape index (κ1) is 26.7. The van der Waals surface area contributed by atoms with Gasteiger partial charge in [-0.15, -0.1) is 0 Å². The fourth-order valence-corrected chi connectivity index (χ4v) is 7.86. The molecule has 0 radical (unpaired) electrons. The minimum atomic E-state index is -1.18. The predicted octanol–water partition coefficient (Wildman–Crippen LogP) is 6.24. The molecule has 2 bridgehead atoms. The molecule has 1 heterocycles. The monoisotopic (exact) mass is 510 g/mol. The Hall–Kier alpha value is -1.88. The van der Waals surface area contributed by atoms with Gasteiger partial charge in [0, 0.05) is 23.4 Å². The van der Waals surface area contributed by atoms with E-state index in [0.29, 0.717) is 32.7 Å². The number of hydrogen-bond donors (Lipinski definition) is 0. The highest BCUT2D eigenvalue weighted by molar-refractivity contribution is 5.93. The van der Waals surface area contributed by atoms with Crippen LogP contribution >= 0.6 is 0 Å². The molecule has 5 rings (SSSR count). The Labute approximate surface area is 223 Å². The van der Waals surface area contributed by atoms with E-state index in [4.69, 9.17) is 14.2 Å². The SMILES string of the molecule is CCOC[C@@H]1[C@H](COC(=O)C23CCC(C)(C(=O)O2)C3(C)C)[C@]1(C)c1ccc2c(c1)C(C)(C)CCC2(C)C. The molecule has 2 unspecified atom stereocenters. The predicted molar refractivity (Wildman–Crippen MR) is 143 cm³/mol. The minimum Gasteiger partial charge on any atom is -0.462 e. The summed E-state index contributed by atoms with van der Waals surface area (Å²) in [6.07, 6.45) is 3.55. The van der Waals surface area contributed by atoms with Crippen molar-refractivity contribution in [2.45, 2.75) is 110 Å². The Bertz CT molecular complexity index is 1130. The van der Waals surface area contributed by atoms with Gasteiger partial charge in [-0.25, -0.2) is 4.79 Å². The van der Waals surface area contributed by atoms with Gasteiger partial charge in [-0.2, -0.15) is 0 Å². The van der Waals surface area contributed by atoms with Gasteiger partial charge >= 0.3 is 11.9 Å². The summed E-state index contributed by atoms with van der Waals surface area (Å²) in [5, 5.41) is 0. The minimum absolute atomic E-state index is 0.133. The van der Waals surface area contributed by atoms with E-state index >= 15 is 0 Å². The number of hydrogen-bond acceptors (Lipinski definition) is 5. The zero-order valence-corrected chi connectivity index (χ0v) is 24.4. The molecule has 204 valence electrons. The van der Waals surface area contributed by atoms with Gasteiger partial charge in [0.2, 0.25) is 5.60 Å². The molecule has 0 spiro atoms. The average Bonchev–Trinajstić information content (AvgIpc) is 3.31. The van der Waals surface area contributed by atoms with Gasteiger partial charge in [0.15, 0.2) is 0 Å². The molecule has 1 aromatic rings. The summed E-state index contributed by atoms with van der Waals surface area (Å²) in [7, 11) is 0. The van der Waals surface area contributed by atoms with Gasteiger partial charge < -0.3 is 14.2 Å². The van der Waals surface area contributed by atoms with Crippen LogP contribution in [0, 0.1) is 22.7 Å². The van der Waals surface area contributed by atoms with E-state index in [1.54, 1.807) is 0 Å². The number of rotatable bonds is 7. The Balaban J connectivity index is 1.40. The van der Waals surface area contributed by atoms with Gasteiger partial charge in [-0.1, -0.05) is 66.7 Å². The van der Waals surface area contributed by atoms with Crippen LogP contribution in [-0.4, -0.2) is 37.4 Å². The standard InChI is InChI=1S/C32H46O5/c1-10-35-18-23-24(19-36-26(34)32-16-15-30(8,25(33)37-32)29(32,6)7)31(23,9)20-11-12-21-22(17-20)28(4,5)14-13-27(21,2)3/h11-12,17,23-24H,10,13-16,18-19H2,1-9H3/t23-,24+,30?,31-,32?/m1/s1. The van der Waals surface area contributed by atoms with E-state index < -0.39 is 16.4 Å². The summed E-state index contributed by atoms with van der Waals surface area (Å²) in [6, 6.07) is 7.07. The van der Waals surface area contributed by atoms with Gasteiger partial charge in [-0.05, 0) is 73.0 Å². The number of benzene rings is 1. The Morgan fingerprint density at radius 2 is 1.51 bits per heavy atom. The first-order valence-corrected chi connectivity index (χ1v) is 14.2. The number of carbonyl (C=O) groups excluding carboxylic acids is 2. The molecule has 5 atom stereocenters. The third kappa shape index (κ3) is 3.44. The molecule has 1 saturated heterocycles. The van der Waals surface area contributed by atoms with Crippen molar-refractivity contribution in [3.63, 3.8) is 0 Å². The van der Waals surface area contributed by atoms with Gasteiger partial charge in [-0.3, -0.25) is 4.79 Å². The quantitative estimate of drug-likeness (QED) is 0.406. The first-order chi connectivity index (χ1) is 17.1. The summed E-state index contributed by atoms with van der Waals surface area (Å²) in [6.45, 7) is 21.2. The van der Waals surface area contributed by atoms with Gasteiger partial charge in [0.1, 0.15) is 0 Å². The molecular weight excluding hydrogens is 464 g/mol. The maximum Gasteiger partial charge on any atom is 0.351 e. The van der Waals surface area contributed by atoms with E-state index in [1.807, 2.05) is 27.7 Å². The second kappa shape index (κ2) is 8.07. The fraction of sp³-hybridized carbons (Fsp3) is 0.750. The summed E-state index contributed by atoms with van der Waals surface area (Å²) in [5.74, 6) is -0.232. The molecule has 37 heavy (non-hydrogen) atoms. The lowest BCUT2D eigenvalue weighted by molar-refractivity contribution is -0.183. The van der Waals surface area contributed by atoms with Crippen molar-refractivity contribution >= 4 is 11.9 Å². The van der Waals surface area contributed by atoms with E-state index in [0.717, 1.165) is 0 Å². The number of fused-ring (bicyclic) bond motifs is 3. The third-order valence-corrected chi connectivity index (χ3v) is 11.7. The number of carbonyl (C=O) groups is 2. The maximum atomic E-state index is 13.5. The van der Waals surface area contributed by atoms with E-state index in [2.05, 4.69) is 52.8 Å².